The molecule has 3 unspecified atom stereocenters. The van der Waals surface area contributed by atoms with Crippen molar-refractivity contribution in [2.75, 3.05) is 0 Å². The molecule has 9 heavy (non-hydrogen) atoms. The van der Waals surface area contributed by atoms with Gasteiger partial charge in [0.05, 0.1) is 0 Å². The number of rotatable bonds is 1. The largest absolute Gasteiger partial charge is 0.103 e. The van der Waals surface area contributed by atoms with Crippen molar-refractivity contribution in [2.24, 2.45) is 17.3 Å². The van der Waals surface area contributed by atoms with E-state index in [-0.39, 0.29) is 0 Å². The maximum atomic E-state index is 3.89. The van der Waals surface area contributed by atoms with Crippen molar-refractivity contribution in [3.63, 3.8) is 0 Å². The highest BCUT2D eigenvalue weighted by Gasteiger charge is 2.56. The van der Waals surface area contributed by atoms with Gasteiger partial charge in [-0.25, -0.2) is 0 Å². The van der Waals surface area contributed by atoms with E-state index in [4.69, 9.17) is 0 Å². The molecule has 0 heteroatoms. The van der Waals surface area contributed by atoms with Gasteiger partial charge < -0.3 is 0 Å². The second-order valence-electron chi connectivity index (χ2n) is 3.88. The summed E-state index contributed by atoms with van der Waals surface area (Å²) in [6.45, 7) is 6.25. The van der Waals surface area contributed by atoms with Crippen LogP contribution in [0.1, 0.15) is 26.2 Å². The zero-order chi connectivity index (χ0) is 6.48. The lowest BCUT2D eigenvalue weighted by Gasteiger charge is -2.06. The Bertz CT molecular complexity index is 148. The second-order valence-corrected chi connectivity index (χ2v) is 3.88. The van der Waals surface area contributed by atoms with Crippen LogP contribution in [-0.2, 0) is 0 Å². The summed E-state index contributed by atoms with van der Waals surface area (Å²) in [5, 5.41) is 0. The normalized spacial score (nSPS) is 54.8. The molecule has 0 aromatic carbocycles. The van der Waals surface area contributed by atoms with E-state index < -0.39 is 0 Å². The molecule has 0 aromatic rings. The molecule has 0 radical (unpaired) electrons. The van der Waals surface area contributed by atoms with E-state index >= 15 is 0 Å². The molecule has 2 aliphatic carbocycles. The minimum absolute atomic E-state index is 0.638. The van der Waals surface area contributed by atoms with Crippen molar-refractivity contribution in [3.8, 4) is 0 Å². The van der Waals surface area contributed by atoms with E-state index in [1.54, 1.807) is 0 Å². The highest BCUT2D eigenvalue weighted by atomic mass is 14.6. The first-order valence-electron chi connectivity index (χ1n) is 3.90. The smallest absolute Gasteiger partial charge is 0.00868 e. The van der Waals surface area contributed by atoms with E-state index in [2.05, 4.69) is 19.6 Å². The first-order valence-corrected chi connectivity index (χ1v) is 3.90. The van der Waals surface area contributed by atoms with Crippen LogP contribution in [-0.4, -0.2) is 0 Å². The molecule has 0 spiro atoms. The third-order valence-electron chi connectivity index (χ3n) is 3.10. The van der Waals surface area contributed by atoms with Crippen LogP contribution >= 0.6 is 0 Å². The monoisotopic (exact) mass is 122 g/mol. The van der Waals surface area contributed by atoms with Crippen molar-refractivity contribution < 1.29 is 0 Å². The summed E-state index contributed by atoms with van der Waals surface area (Å²) in [5.74, 6) is 2.01. The van der Waals surface area contributed by atoms with Gasteiger partial charge >= 0.3 is 0 Å². The standard InChI is InChI=1S/C9H14/c1-3-9-5-7(2)4-8(9)6-9/h3,7-8H,1,4-6H2,2H3. The highest BCUT2D eigenvalue weighted by Crippen LogP contribution is 2.65. The number of fused-ring (bicyclic) bond motifs is 1. The zero-order valence-electron chi connectivity index (χ0n) is 6.06. The minimum atomic E-state index is 0.638. The molecule has 0 aromatic heterocycles. The summed E-state index contributed by atoms with van der Waals surface area (Å²) < 4.78 is 0. The van der Waals surface area contributed by atoms with Gasteiger partial charge in [-0.15, -0.1) is 6.58 Å². The van der Waals surface area contributed by atoms with Gasteiger partial charge in [-0.2, -0.15) is 0 Å². The Balaban J connectivity index is 2.13. The summed E-state index contributed by atoms with van der Waals surface area (Å²) >= 11 is 0. The van der Waals surface area contributed by atoms with Gasteiger partial charge in [0.1, 0.15) is 0 Å². The molecule has 2 aliphatic rings. The van der Waals surface area contributed by atoms with Gasteiger partial charge in [-0.3, -0.25) is 0 Å². The van der Waals surface area contributed by atoms with Crippen LogP contribution in [0.4, 0.5) is 0 Å². The fraction of sp³-hybridized carbons (Fsp3) is 0.778. The molecular formula is C9H14. The Morgan fingerprint density at radius 2 is 2.33 bits per heavy atom. The number of allylic oxidation sites excluding steroid dienone is 1. The number of hydrogen-bond donors (Lipinski definition) is 0. The van der Waals surface area contributed by atoms with E-state index in [9.17, 15) is 0 Å². The van der Waals surface area contributed by atoms with Crippen LogP contribution in [0.5, 0.6) is 0 Å². The summed E-state index contributed by atoms with van der Waals surface area (Å²) in [5.41, 5.74) is 0.638. The van der Waals surface area contributed by atoms with Gasteiger partial charge in [0.15, 0.2) is 0 Å². The van der Waals surface area contributed by atoms with E-state index in [0.29, 0.717) is 5.41 Å². The van der Waals surface area contributed by atoms with Crippen molar-refractivity contribution >= 4 is 0 Å². The Kier molecular flexibility index (Phi) is 0.870. The van der Waals surface area contributed by atoms with E-state index in [1.165, 1.54) is 19.3 Å². The molecule has 3 atom stereocenters. The molecule has 2 rings (SSSR count). The summed E-state index contributed by atoms with van der Waals surface area (Å²) in [6.07, 6.45) is 6.52. The van der Waals surface area contributed by atoms with E-state index in [1.807, 2.05) is 0 Å². The molecule has 0 nitrogen and oxygen atoms in total. The topological polar surface area (TPSA) is 0 Å². The summed E-state index contributed by atoms with van der Waals surface area (Å²) in [6, 6.07) is 0. The predicted octanol–water partition coefficient (Wildman–Crippen LogP) is 2.61. The SMILES string of the molecule is C=CC12CC(C)CC1C2. The predicted molar refractivity (Wildman–Crippen MR) is 39.1 cm³/mol. The van der Waals surface area contributed by atoms with Crippen LogP contribution < -0.4 is 0 Å². The van der Waals surface area contributed by atoms with Crippen molar-refractivity contribution in [3.05, 3.63) is 12.7 Å². The molecule has 50 valence electrons. The third-order valence-corrected chi connectivity index (χ3v) is 3.10. The Hall–Kier alpha value is -0.260. The van der Waals surface area contributed by atoms with Crippen LogP contribution in [0, 0.1) is 17.3 Å². The quantitative estimate of drug-likeness (QED) is 0.469. The molecule has 0 amide bonds. The summed E-state index contributed by atoms with van der Waals surface area (Å²) in [4.78, 5) is 0. The fourth-order valence-corrected chi connectivity index (χ4v) is 2.52. The molecule has 0 N–H and O–H groups in total. The molecular weight excluding hydrogens is 108 g/mol. The lowest BCUT2D eigenvalue weighted by molar-refractivity contribution is 0.501. The Morgan fingerprint density at radius 1 is 1.56 bits per heavy atom. The number of hydrogen-bond acceptors (Lipinski definition) is 0. The first-order chi connectivity index (χ1) is 4.27. The van der Waals surface area contributed by atoms with Gasteiger partial charge in [0.25, 0.3) is 0 Å². The molecule has 0 bridgehead atoms. The summed E-state index contributed by atoms with van der Waals surface area (Å²) in [7, 11) is 0. The minimum Gasteiger partial charge on any atom is -0.103 e. The maximum Gasteiger partial charge on any atom is -0.00868 e. The average molecular weight is 122 g/mol. The van der Waals surface area contributed by atoms with Gasteiger partial charge in [-0.1, -0.05) is 13.0 Å². The van der Waals surface area contributed by atoms with E-state index in [0.717, 1.165) is 11.8 Å². The Labute approximate surface area is 57.0 Å². The van der Waals surface area contributed by atoms with Gasteiger partial charge in [0, 0.05) is 0 Å². The van der Waals surface area contributed by atoms with Crippen molar-refractivity contribution in [1.82, 2.24) is 0 Å². The van der Waals surface area contributed by atoms with Crippen LogP contribution in [0.15, 0.2) is 12.7 Å². The van der Waals surface area contributed by atoms with Crippen LogP contribution in [0.3, 0.4) is 0 Å². The molecule has 2 fully saturated rings. The zero-order valence-corrected chi connectivity index (χ0v) is 6.06. The van der Waals surface area contributed by atoms with Gasteiger partial charge in [-0.05, 0) is 36.5 Å². The molecule has 0 saturated heterocycles. The lowest BCUT2D eigenvalue weighted by Crippen LogP contribution is -1.95. The van der Waals surface area contributed by atoms with Gasteiger partial charge in [0.2, 0.25) is 0 Å². The Morgan fingerprint density at radius 3 is 2.67 bits per heavy atom. The average Bonchev–Trinajstić information content (AvgIpc) is 2.38. The third kappa shape index (κ3) is 0.593. The fourth-order valence-electron chi connectivity index (χ4n) is 2.52. The molecule has 0 heterocycles. The lowest BCUT2D eigenvalue weighted by atomic mass is 9.99. The van der Waals surface area contributed by atoms with Crippen molar-refractivity contribution in [2.45, 2.75) is 26.2 Å². The van der Waals surface area contributed by atoms with Crippen LogP contribution in [0.2, 0.25) is 0 Å². The highest BCUT2D eigenvalue weighted by molar-refractivity contribution is 5.16. The second kappa shape index (κ2) is 1.42. The maximum absolute atomic E-state index is 3.89. The first kappa shape index (κ1) is 5.52. The molecule has 0 aliphatic heterocycles. The van der Waals surface area contributed by atoms with Crippen LogP contribution in [0.25, 0.3) is 0 Å². The van der Waals surface area contributed by atoms with Crippen molar-refractivity contribution in [1.29, 1.82) is 0 Å². The molecule has 2 saturated carbocycles.